The van der Waals surface area contributed by atoms with Gasteiger partial charge in [-0.3, -0.25) is 10.5 Å². The number of carbonyl (C=O) groups is 1. The average molecular weight is 131 g/mol. The predicted molar refractivity (Wildman–Crippen MR) is 31.2 cm³/mol. The summed E-state index contributed by atoms with van der Waals surface area (Å²) in [5.41, 5.74) is 4.66. The Labute approximate surface area is 52.6 Å². The fraction of sp³-hybridized carbons (Fsp3) is 0.400. The Kier molecular flexibility index (Phi) is 2.51. The third-order valence-corrected chi connectivity index (χ3v) is 0.563. The van der Waals surface area contributed by atoms with Gasteiger partial charge < -0.3 is 10.2 Å². The van der Waals surface area contributed by atoms with Crippen LogP contribution >= 0.6 is 0 Å². The lowest BCUT2D eigenvalue weighted by molar-refractivity contribution is -0.117. The number of aliphatic hydroxyl groups is 2. The Morgan fingerprint density at radius 2 is 2.11 bits per heavy atom. The van der Waals surface area contributed by atoms with Gasteiger partial charge in [0.15, 0.2) is 5.78 Å². The molecule has 0 aliphatic heterocycles. The van der Waals surface area contributed by atoms with E-state index in [0.717, 1.165) is 12.2 Å². The number of ketones is 1. The van der Waals surface area contributed by atoms with Crippen LogP contribution in [-0.4, -0.2) is 21.9 Å². The molecule has 4 N–H and O–H groups in total. The minimum atomic E-state index is -2.37. The number of nitrogens with two attached hydrogens (primary N) is 1. The van der Waals surface area contributed by atoms with Crippen molar-refractivity contribution in [1.82, 2.24) is 0 Å². The maximum atomic E-state index is 10.1. The summed E-state index contributed by atoms with van der Waals surface area (Å²) in [7, 11) is 0. The molecular weight excluding hydrogens is 122 g/mol. The minimum Gasteiger partial charge on any atom is -0.350 e. The molecule has 0 rings (SSSR count). The molecule has 0 aromatic rings. The molecule has 0 atom stereocenters. The number of allylic oxidation sites excluding steroid dienone is 1. The Morgan fingerprint density at radius 3 is 2.22 bits per heavy atom. The van der Waals surface area contributed by atoms with E-state index in [4.69, 9.17) is 10.2 Å². The average Bonchev–Trinajstić information content (AvgIpc) is 1.59. The van der Waals surface area contributed by atoms with Crippen molar-refractivity contribution >= 4 is 5.78 Å². The maximum Gasteiger partial charge on any atom is 0.241 e. The second-order valence-corrected chi connectivity index (χ2v) is 1.73. The van der Waals surface area contributed by atoms with Crippen molar-refractivity contribution in [1.29, 1.82) is 0 Å². The lowest BCUT2D eigenvalue weighted by Crippen LogP contribution is -2.36. The second kappa shape index (κ2) is 2.72. The zero-order chi connectivity index (χ0) is 7.49. The molecule has 0 heterocycles. The predicted octanol–water partition coefficient (Wildman–Crippen LogP) is -1.27. The largest absolute Gasteiger partial charge is 0.350 e. The lowest BCUT2D eigenvalue weighted by Gasteiger charge is -2.07. The molecule has 0 aliphatic carbocycles. The highest BCUT2D eigenvalue weighted by atomic mass is 16.5. The summed E-state index contributed by atoms with van der Waals surface area (Å²) in [4.78, 5) is 10.1. The van der Waals surface area contributed by atoms with Crippen LogP contribution in [0.2, 0.25) is 0 Å². The highest BCUT2D eigenvalue weighted by molar-refractivity contribution is 5.87. The number of rotatable bonds is 2. The van der Waals surface area contributed by atoms with Crippen LogP contribution in [0.4, 0.5) is 0 Å². The molecule has 4 nitrogen and oxygen atoms in total. The van der Waals surface area contributed by atoms with E-state index in [9.17, 15) is 4.79 Å². The smallest absolute Gasteiger partial charge is 0.241 e. The van der Waals surface area contributed by atoms with Crippen LogP contribution < -0.4 is 5.73 Å². The third-order valence-electron chi connectivity index (χ3n) is 0.563. The number of hydrogen-bond acceptors (Lipinski definition) is 4. The van der Waals surface area contributed by atoms with Gasteiger partial charge in [0.05, 0.1) is 0 Å². The Morgan fingerprint density at radius 1 is 1.67 bits per heavy atom. The zero-order valence-corrected chi connectivity index (χ0v) is 5.03. The van der Waals surface area contributed by atoms with E-state index < -0.39 is 5.91 Å². The molecule has 4 heteroatoms. The van der Waals surface area contributed by atoms with Crippen molar-refractivity contribution in [2.75, 3.05) is 0 Å². The molecule has 0 spiro atoms. The monoisotopic (exact) mass is 131 g/mol. The lowest BCUT2D eigenvalue weighted by atomic mass is 10.3. The molecule has 0 aromatic heterocycles. The van der Waals surface area contributed by atoms with Gasteiger partial charge in [-0.25, -0.2) is 0 Å². The summed E-state index contributed by atoms with van der Waals surface area (Å²) in [6.07, 6.45) is 1.79. The van der Waals surface area contributed by atoms with Gasteiger partial charge in [0.1, 0.15) is 0 Å². The van der Waals surface area contributed by atoms with Crippen molar-refractivity contribution in [3.8, 4) is 0 Å². The van der Waals surface area contributed by atoms with Crippen molar-refractivity contribution in [3.05, 3.63) is 12.2 Å². The summed E-state index contributed by atoms with van der Waals surface area (Å²) in [5, 5.41) is 16.7. The number of carbonyl (C=O) groups excluding carboxylic acids is 1. The van der Waals surface area contributed by atoms with E-state index in [1.165, 1.54) is 6.92 Å². The van der Waals surface area contributed by atoms with Crippen molar-refractivity contribution in [2.45, 2.75) is 12.8 Å². The van der Waals surface area contributed by atoms with Gasteiger partial charge in [0, 0.05) is 0 Å². The van der Waals surface area contributed by atoms with E-state index in [1.54, 1.807) is 0 Å². The van der Waals surface area contributed by atoms with Crippen molar-refractivity contribution in [3.63, 3.8) is 0 Å². The summed E-state index contributed by atoms with van der Waals surface area (Å²) in [5.74, 6) is -2.65. The summed E-state index contributed by atoms with van der Waals surface area (Å²) < 4.78 is 0. The summed E-state index contributed by atoms with van der Waals surface area (Å²) in [6.45, 7) is 1.28. The third kappa shape index (κ3) is 7.29. The van der Waals surface area contributed by atoms with Crippen LogP contribution in [0, 0.1) is 0 Å². The summed E-state index contributed by atoms with van der Waals surface area (Å²) >= 11 is 0. The van der Waals surface area contributed by atoms with E-state index in [0.29, 0.717) is 0 Å². The zero-order valence-electron chi connectivity index (χ0n) is 5.03. The van der Waals surface area contributed by atoms with E-state index in [2.05, 4.69) is 5.73 Å². The summed E-state index contributed by atoms with van der Waals surface area (Å²) in [6, 6.07) is 0. The quantitative estimate of drug-likeness (QED) is 0.322. The van der Waals surface area contributed by atoms with E-state index in [1.807, 2.05) is 0 Å². The van der Waals surface area contributed by atoms with Gasteiger partial charge in [-0.1, -0.05) is 0 Å². The fourth-order valence-electron chi connectivity index (χ4n) is 0.240. The molecule has 0 saturated heterocycles. The van der Waals surface area contributed by atoms with Gasteiger partial charge in [0.2, 0.25) is 5.91 Å². The Hall–Kier alpha value is -0.710. The topological polar surface area (TPSA) is 83.6 Å². The second-order valence-electron chi connectivity index (χ2n) is 1.73. The van der Waals surface area contributed by atoms with E-state index in [-0.39, 0.29) is 5.78 Å². The fourth-order valence-corrected chi connectivity index (χ4v) is 0.240. The minimum absolute atomic E-state index is 0.284. The van der Waals surface area contributed by atoms with Crippen molar-refractivity contribution in [2.24, 2.45) is 5.73 Å². The van der Waals surface area contributed by atoms with Crippen LogP contribution in [0.15, 0.2) is 12.2 Å². The first kappa shape index (κ1) is 8.29. The first-order valence-electron chi connectivity index (χ1n) is 2.35. The molecule has 52 valence electrons. The molecule has 0 bridgehead atoms. The van der Waals surface area contributed by atoms with Gasteiger partial charge in [-0.05, 0) is 19.1 Å². The molecule has 9 heavy (non-hydrogen) atoms. The van der Waals surface area contributed by atoms with Crippen LogP contribution in [0.1, 0.15) is 6.92 Å². The molecule has 0 aromatic carbocycles. The highest BCUT2D eigenvalue weighted by Gasteiger charge is 2.08. The normalized spacial score (nSPS) is 12.4. The molecule has 0 radical (unpaired) electrons. The van der Waals surface area contributed by atoms with Crippen LogP contribution in [-0.2, 0) is 4.79 Å². The maximum absolute atomic E-state index is 10.1. The van der Waals surface area contributed by atoms with Gasteiger partial charge in [-0.2, -0.15) is 0 Å². The molecular formula is C5H9NO3. The van der Waals surface area contributed by atoms with Gasteiger partial charge in [0.25, 0.3) is 0 Å². The highest BCUT2D eigenvalue weighted by Crippen LogP contribution is 1.89. The molecule has 0 aliphatic rings. The van der Waals surface area contributed by atoms with Gasteiger partial charge in [-0.15, -0.1) is 0 Å². The Bertz CT molecular complexity index is 134. The molecule has 0 amide bonds. The number of hydrogen-bond donors (Lipinski definition) is 3. The molecule has 0 unspecified atom stereocenters. The molecule has 0 fully saturated rings. The van der Waals surface area contributed by atoms with Crippen molar-refractivity contribution < 1.29 is 15.0 Å². The SMILES string of the molecule is CC(=O)/C=C/C(N)(O)O. The first-order chi connectivity index (χ1) is 3.92. The standard InChI is InChI=1S/C5H9NO3/c1-4(7)2-3-5(6,8)9/h2-3,8-9H,6H2,1H3/b3-2+. The van der Waals surface area contributed by atoms with Crippen LogP contribution in [0.25, 0.3) is 0 Å². The van der Waals surface area contributed by atoms with E-state index >= 15 is 0 Å². The van der Waals surface area contributed by atoms with Crippen LogP contribution in [0.3, 0.4) is 0 Å². The van der Waals surface area contributed by atoms with Gasteiger partial charge >= 0.3 is 0 Å². The van der Waals surface area contributed by atoms with Crippen LogP contribution in [0.5, 0.6) is 0 Å². The first-order valence-corrected chi connectivity index (χ1v) is 2.35. The Balaban J connectivity index is 3.86. The molecule has 0 saturated carbocycles.